The van der Waals surface area contributed by atoms with E-state index in [1.54, 1.807) is 0 Å². The van der Waals surface area contributed by atoms with Crippen molar-refractivity contribution in [2.24, 2.45) is 16.7 Å². The van der Waals surface area contributed by atoms with Crippen LogP contribution >= 0.6 is 0 Å². The average molecular weight is 384 g/mol. The van der Waals surface area contributed by atoms with Crippen LogP contribution in [-0.4, -0.2) is 10.1 Å². The lowest BCUT2D eigenvalue weighted by Crippen LogP contribution is -2.51. The van der Waals surface area contributed by atoms with E-state index in [1.807, 2.05) is 18.2 Å². The number of aromatic nitrogens is 1. The average Bonchev–Trinajstić information content (AvgIpc) is 3.23. The number of hydrogen-bond acceptors (Lipinski definition) is 2. The topological polar surface area (TPSA) is 33.1 Å². The van der Waals surface area contributed by atoms with Gasteiger partial charge in [-0.3, -0.25) is 0 Å². The molecule has 5 rings (SSSR count). The zero-order valence-corrected chi connectivity index (χ0v) is 17.5. The van der Waals surface area contributed by atoms with Crippen LogP contribution in [0, 0.1) is 16.7 Å². The predicted molar refractivity (Wildman–Crippen MR) is 118 cm³/mol. The number of hydrogen-bond donors (Lipinski definition) is 1. The Morgan fingerprint density at radius 2 is 1.52 bits per heavy atom. The summed E-state index contributed by atoms with van der Waals surface area (Å²) in [4.78, 5) is 5.00. The molecule has 2 unspecified atom stereocenters. The van der Waals surface area contributed by atoms with Gasteiger partial charge in [0.05, 0.1) is 11.4 Å². The van der Waals surface area contributed by atoms with Gasteiger partial charge >= 0.3 is 0 Å². The summed E-state index contributed by atoms with van der Waals surface area (Å²) >= 11 is 0. The second kappa shape index (κ2) is 6.27. The molecule has 0 radical (unpaired) electrons. The fourth-order valence-electron chi connectivity index (χ4n) is 6.31. The van der Waals surface area contributed by atoms with Crippen molar-refractivity contribution in [3.8, 4) is 22.5 Å². The summed E-state index contributed by atoms with van der Waals surface area (Å²) < 4.78 is 0. The van der Waals surface area contributed by atoms with E-state index in [0.717, 1.165) is 40.9 Å². The molecule has 2 fully saturated rings. The Kier molecular flexibility index (Phi) is 4.02. The van der Waals surface area contributed by atoms with Crippen LogP contribution in [0.1, 0.15) is 45.6 Å². The van der Waals surface area contributed by atoms with Gasteiger partial charge in [-0.2, -0.15) is 0 Å². The van der Waals surface area contributed by atoms with E-state index in [0.29, 0.717) is 5.92 Å². The highest BCUT2D eigenvalue weighted by Crippen LogP contribution is 2.72. The molecular weight excluding hydrogens is 354 g/mol. The van der Waals surface area contributed by atoms with E-state index < -0.39 is 5.60 Å². The molecule has 3 atom stereocenters. The lowest BCUT2D eigenvalue weighted by atomic mass is 9.57. The molecule has 1 heterocycles. The van der Waals surface area contributed by atoms with Gasteiger partial charge in [0.1, 0.15) is 5.60 Å². The molecule has 1 N–H and O–H groups in total. The van der Waals surface area contributed by atoms with E-state index in [4.69, 9.17) is 4.98 Å². The van der Waals surface area contributed by atoms with Crippen molar-refractivity contribution < 1.29 is 5.11 Å². The number of benzene rings is 2. The summed E-state index contributed by atoms with van der Waals surface area (Å²) in [5, 5.41) is 12.3. The lowest BCUT2D eigenvalue weighted by molar-refractivity contribution is -0.150. The first-order chi connectivity index (χ1) is 13.9. The molecule has 148 valence electrons. The van der Waals surface area contributed by atoms with Crippen LogP contribution < -0.4 is 0 Å². The van der Waals surface area contributed by atoms with Crippen molar-refractivity contribution in [1.29, 1.82) is 0 Å². The van der Waals surface area contributed by atoms with Crippen LogP contribution in [0.4, 0.5) is 0 Å². The van der Waals surface area contributed by atoms with Gasteiger partial charge in [0.2, 0.25) is 0 Å². The molecule has 2 bridgehead atoms. The molecular formula is C27H29NO. The Bertz CT molecular complexity index is 1050. The van der Waals surface area contributed by atoms with Crippen molar-refractivity contribution in [1.82, 2.24) is 4.98 Å². The van der Waals surface area contributed by atoms with Gasteiger partial charge in [-0.05, 0) is 42.9 Å². The minimum Gasteiger partial charge on any atom is -0.384 e. The van der Waals surface area contributed by atoms with Crippen molar-refractivity contribution >= 4 is 0 Å². The van der Waals surface area contributed by atoms with E-state index in [2.05, 4.69) is 75.4 Å². The summed E-state index contributed by atoms with van der Waals surface area (Å²) in [6.45, 7) is 6.80. The Hall–Kier alpha value is -2.45. The first-order valence-electron chi connectivity index (χ1n) is 10.7. The van der Waals surface area contributed by atoms with Gasteiger partial charge in [0, 0.05) is 22.0 Å². The van der Waals surface area contributed by atoms with Gasteiger partial charge in [-0.1, -0.05) is 81.4 Å². The molecule has 2 aliphatic carbocycles. The zero-order valence-electron chi connectivity index (χ0n) is 17.5. The normalized spacial score (nSPS) is 29.9. The summed E-state index contributed by atoms with van der Waals surface area (Å²) in [6, 6.07) is 24.8. The van der Waals surface area contributed by atoms with Gasteiger partial charge in [-0.15, -0.1) is 0 Å². The number of aliphatic hydroxyl groups is 1. The summed E-state index contributed by atoms with van der Waals surface area (Å²) in [6.07, 6.45) is 3.40. The Balaban J connectivity index is 1.67. The van der Waals surface area contributed by atoms with Gasteiger partial charge in [0.15, 0.2) is 0 Å². The van der Waals surface area contributed by atoms with Crippen molar-refractivity contribution in [3.63, 3.8) is 0 Å². The number of pyridine rings is 1. The predicted octanol–water partition coefficient (Wildman–Crippen LogP) is 6.45. The Morgan fingerprint density at radius 1 is 0.828 bits per heavy atom. The minimum atomic E-state index is -0.857. The quantitative estimate of drug-likeness (QED) is 0.564. The second-order valence-electron chi connectivity index (χ2n) is 9.75. The Morgan fingerprint density at radius 3 is 2.24 bits per heavy atom. The SMILES string of the molecule is CC12CCC(C1)C(C)(C)[C@]2(O)c1ccccc1-c1cccc(-c2ccccc2)n1. The van der Waals surface area contributed by atoms with E-state index >= 15 is 0 Å². The van der Waals surface area contributed by atoms with E-state index in [-0.39, 0.29) is 10.8 Å². The molecule has 29 heavy (non-hydrogen) atoms. The monoisotopic (exact) mass is 383 g/mol. The summed E-state index contributed by atoms with van der Waals surface area (Å²) in [5.41, 5.74) is 3.98. The highest BCUT2D eigenvalue weighted by Gasteiger charge is 2.69. The third-order valence-corrected chi connectivity index (χ3v) is 7.98. The maximum Gasteiger partial charge on any atom is 0.101 e. The molecule has 2 nitrogen and oxygen atoms in total. The highest BCUT2D eigenvalue weighted by molar-refractivity contribution is 5.70. The van der Waals surface area contributed by atoms with Gasteiger partial charge < -0.3 is 5.11 Å². The molecule has 0 saturated heterocycles. The first-order valence-corrected chi connectivity index (χ1v) is 10.7. The molecule has 2 saturated carbocycles. The molecule has 1 aromatic heterocycles. The fraction of sp³-hybridized carbons (Fsp3) is 0.370. The van der Waals surface area contributed by atoms with Crippen LogP contribution in [-0.2, 0) is 5.60 Å². The van der Waals surface area contributed by atoms with Crippen LogP contribution in [0.2, 0.25) is 0 Å². The standard InChI is InChI=1S/C27H29NO/c1-25(2)20-16-17-26(3,18-20)27(25,29)22-13-8-7-12-21(22)24-15-9-14-23(28-24)19-10-5-4-6-11-19/h4-15,20,29H,16-18H2,1-3H3/t20?,26?,27-/m1/s1. The fourth-order valence-corrected chi connectivity index (χ4v) is 6.31. The van der Waals surface area contributed by atoms with E-state index in [1.165, 1.54) is 6.42 Å². The minimum absolute atomic E-state index is 0.0890. The van der Waals surface area contributed by atoms with Crippen LogP contribution in [0.3, 0.4) is 0 Å². The third kappa shape index (κ3) is 2.48. The number of nitrogens with zero attached hydrogens (tertiary/aromatic N) is 1. The molecule has 2 aliphatic rings. The smallest absolute Gasteiger partial charge is 0.101 e. The van der Waals surface area contributed by atoms with Gasteiger partial charge in [-0.25, -0.2) is 4.98 Å². The van der Waals surface area contributed by atoms with Crippen LogP contribution in [0.15, 0.2) is 72.8 Å². The summed E-state index contributed by atoms with van der Waals surface area (Å²) in [5.74, 6) is 0.564. The first kappa shape index (κ1) is 18.6. The molecule has 0 spiro atoms. The van der Waals surface area contributed by atoms with Crippen LogP contribution in [0.25, 0.3) is 22.5 Å². The molecule has 2 heteroatoms. The Labute approximate surface area is 173 Å². The highest BCUT2D eigenvalue weighted by atomic mass is 16.3. The molecule has 0 amide bonds. The van der Waals surface area contributed by atoms with Crippen molar-refractivity contribution in [2.75, 3.05) is 0 Å². The molecule has 2 aromatic carbocycles. The largest absolute Gasteiger partial charge is 0.384 e. The van der Waals surface area contributed by atoms with Crippen molar-refractivity contribution in [2.45, 2.75) is 45.6 Å². The molecule has 0 aliphatic heterocycles. The zero-order chi connectivity index (χ0) is 20.3. The van der Waals surface area contributed by atoms with Crippen LogP contribution in [0.5, 0.6) is 0 Å². The maximum absolute atomic E-state index is 12.3. The van der Waals surface area contributed by atoms with Gasteiger partial charge in [0.25, 0.3) is 0 Å². The number of rotatable bonds is 3. The third-order valence-electron chi connectivity index (χ3n) is 7.98. The maximum atomic E-state index is 12.3. The molecule has 3 aromatic rings. The lowest BCUT2D eigenvalue weighted by Gasteiger charge is -2.51. The van der Waals surface area contributed by atoms with Crippen molar-refractivity contribution in [3.05, 3.63) is 78.4 Å². The van der Waals surface area contributed by atoms with E-state index in [9.17, 15) is 5.11 Å². The number of fused-ring (bicyclic) bond motifs is 2. The second-order valence-corrected chi connectivity index (χ2v) is 9.75. The summed E-state index contributed by atoms with van der Waals surface area (Å²) in [7, 11) is 0.